The minimum absolute atomic E-state index is 0.00355. The van der Waals surface area contributed by atoms with Crippen LogP contribution in [0.4, 0.5) is 14.5 Å². The second-order valence-electron chi connectivity index (χ2n) is 5.35. The van der Waals surface area contributed by atoms with Crippen LogP contribution in [0.15, 0.2) is 48.5 Å². The molecule has 3 rings (SSSR count). The number of Topliss-reactive ketones (excluding diaryl/α,β-unsaturated/α-hetero) is 1. The molecule has 1 heterocycles. The highest BCUT2D eigenvalue weighted by Crippen LogP contribution is 2.48. The molecule has 7 heteroatoms. The van der Waals surface area contributed by atoms with Gasteiger partial charge in [-0.05, 0) is 18.2 Å². The topological polar surface area (TPSA) is 75.6 Å². The fourth-order valence-corrected chi connectivity index (χ4v) is 2.64. The zero-order valence-electron chi connectivity index (χ0n) is 12.5. The first kappa shape index (κ1) is 16.1. The molecule has 5 nitrogen and oxygen atoms in total. The van der Waals surface area contributed by atoms with E-state index < -0.39 is 28.8 Å². The molecular weight excluding hydrogens is 320 g/mol. The number of fused-ring (bicyclic) bond motifs is 1. The molecule has 124 valence electrons. The van der Waals surface area contributed by atoms with Crippen LogP contribution in [0.5, 0.6) is 5.75 Å². The Bertz CT molecular complexity index is 823. The maximum Gasteiger partial charge on any atom is 0.351 e. The number of nitrogens with one attached hydrogen (secondary N) is 1. The van der Waals surface area contributed by atoms with E-state index in [0.717, 1.165) is 6.07 Å². The number of ether oxygens (including phenoxy) is 1. The molecule has 2 aromatic carbocycles. The normalized spacial score (nSPS) is 19.6. The monoisotopic (exact) mass is 333 g/mol. The minimum atomic E-state index is -4.37. The lowest BCUT2D eigenvalue weighted by atomic mass is 9.84. The number of carbonyl (C=O) groups excluding carboxylic acids is 2. The largest absolute Gasteiger partial charge is 0.497 e. The average molecular weight is 333 g/mol. The Morgan fingerprint density at radius 3 is 2.50 bits per heavy atom. The lowest BCUT2D eigenvalue weighted by Crippen LogP contribution is -2.55. The number of rotatable bonds is 4. The predicted molar refractivity (Wildman–Crippen MR) is 81.2 cm³/mol. The van der Waals surface area contributed by atoms with E-state index in [0.29, 0.717) is 0 Å². The first-order valence-electron chi connectivity index (χ1n) is 7.02. The van der Waals surface area contributed by atoms with Gasteiger partial charge in [-0.1, -0.05) is 30.3 Å². The smallest absolute Gasteiger partial charge is 0.351 e. The number of alkyl halides is 2. The van der Waals surface area contributed by atoms with Crippen molar-refractivity contribution in [3.63, 3.8) is 0 Å². The molecule has 0 saturated heterocycles. The second kappa shape index (κ2) is 5.38. The van der Waals surface area contributed by atoms with Crippen LogP contribution < -0.4 is 10.1 Å². The molecule has 2 N–H and O–H groups in total. The quantitative estimate of drug-likeness (QED) is 0.842. The van der Waals surface area contributed by atoms with Crippen molar-refractivity contribution in [2.45, 2.75) is 11.5 Å². The van der Waals surface area contributed by atoms with Gasteiger partial charge in [-0.3, -0.25) is 9.59 Å². The average Bonchev–Trinajstić information content (AvgIpc) is 2.86. The van der Waals surface area contributed by atoms with Gasteiger partial charge in [0.1, 0.15) is 5.75 Å². The number of hydrogen-bond acceptors (Lipinski definition) is 4. The molecule has 1 aliphatic rings. The summed E-state index contributed by atoms with van der Waals surface area (Å²) in [6, 6.07) is 10.7. The molecule has 1 unspecified atom stereocenters. The summed E-state index contributed by atoms with van der Waals surface area (Å²) in [5.41, 5.74) is -4.02. The van der Waals surface area contributed by atoms with Crippen molar-refractivity contribution in [3.8, 4) is 5.75 Å². The SMILES string of the molecule is COc1ccc2c(c1)C(O)(C(F)(F)C(=O)c1ccccc1)C(=O)N2. The Labute approximate surface area is 135 Å². The lowest BCUT2D eigenvalue weighted by molar-refractivity contribution is -0.171. The van der Waals surface area contributed by atoms with Crippen LogP contribution in [-0.4, -0.2) is 29.8 Å². The molecule has 0 spiro atoms. The number of benzene rings is 2. The highest BCUT2D eigenvalue weighted by molar-refractivity contribution is 6.13. The second-order valence-corrected chi connectivity index (χ2v) is 5.35. The van der Waals surface area contributed by atoms with Crippen molar-refractivity contribution < 1.29 is 28.2 Å². The van der Waals surface area contributed by atoms with Gasteiger partial charge in [0, 0.05) is 16.8 Å². The summed E-state index contributed by atoms with van der Waals surface area (Å²) in [7, 11) is 1.32. The van der Waals surface area contributed by atoms with Gasteiger partial charge < -0.3 is 15.2 Å². The van der Waals surface area contributed by atoms with E-state index in [1.165, 1.54) is 43.5 Å². The fraction of sp³-hybridized carbons (Fsp3) is 0.176. The van der Waals surface area contributed by atoms with Crippen LogP contribution in [-0.2, 0) is 10.4 Å². The molecular formula is C17H13F2NO4. The summed E-state index contributed by atoms with van der Waals surface area (Å²) in [5.74, 6) is -7.20. The molecule has 0 radical (unpaired) electrons. The van der Waals surface area contributed by atoms with Crippen LogP contribution in [0.3, 0.4) is 0 Å². The third kappa shape index (κ3) is 2.09. The van der Waals surface area contributed by atoms with Crippen molar-refractivity contribution in [2.75, 3.05) is 12.4 Å². The molecule has 1 aliphatic heterocycles. The van der Waals surface area contributed by atoms with Crippen molar-refractivity contribution in [1.29, 1.82) is 0 Å². The molecule has 0 bridgehead atoms. The van der Waals surface area contributed by atoms with E-state index in [9.17, 15) is 23.5 Å². The van der Waals surface area contributed by atoms with E-state index in [1.807, 2.05) is 0 Å². The first-order valence-corrected chi connectivity index (χ1v) is 7.02. The number of halogens is 2. The highest BCUT2D eigenvalue weighted by atomic mass is 19.3. The number of aliphatic hydroxyl groups is 1. The van der Waals surface area contributed by atoms with Crippen LogP contribution in [0, 0.1) is 0 Å². The van der Waals surface area contributed by atoms with Crippen LogP contribution >= 0.6 is 0 Å². The van der Waals surface area contributed by atoms with Gasteiger partial charge >= 0.3 is 5.92 Å². The molecule has 0 fully saturated rings. The Morgan fingerprint density at radius 2 is 1.88 bits per heavy atom. The van der Waals surface area contributed by atoms with Gasteiger partial charge in [-0.25, -0.2) is 0 Å². The number of ketones is 1. The standard InChI is InChI=1S/C17H13F2NO4/c1-24-11-7-8-13-12(9-11)16(23,15(22)20-13)17(18,19)14(21)10-5-3-2-4-6-10/h2-9,23H,1H3,(H,20,22). The van der Waals surface area contributed by atoms with Gasteiger partial charge in [0.25, 0.3) is 5.91 Å². The van der Waals surface area contributed by atoms with E-state index in [-0.39, 0.29) is 17.0 Å². The summed E-state index contributed by atoms with van der Waals surface area (Å²) in [6.07, 6.45) is 0. The Kier molecular flexibility index (Phi) is 3.60. The Hall–Kier alpha value is -2.80. The van der Waals surface area contributed by atoms with Crippen molar-refractivity contribution in [2.24, 2.45) is 0 Å². The third-order valence-corrected chi connectivity index (χ3v) is 3.97. The zero-order valence-corrected chi connectivity index (χ0v) is 12.5. The number of methoxy groups -OCH3 is 1. The van der Waals surface area contributed by atoms with Crippen molar-refractivity contribution in [3.05, 3.63) is 59.7 Å². The lowest BCUT2D eigenvalue weighted by Gasteiger charge is -2.29. The third-order valence-electron chi connectivity index (χ3n) is 3.97. The fourth-order valence-electron chi connectivity index (χ4n) is 2.64. The Morgan fingerprint density at radius 1 is 1.21 bits per heavy atom. The first-order chi connectivity index (χ1) is 11.3. The van der Waals surface area contributed by atoms with E-state index in [4.69, 9.17) is 4.74 Å². The van der Waals surface area contributed by atoms with Gasteiger partial charge in [0.2, 0.25) is 11.4 Å². The van der Waals surface area contributed by atoms with Crippen LogP contribution in [0.25, 0.3) is 0 Å². The van der Waals surface area contributed by atoms with Crippen molar-refractivity contribution >= 4 is 17.4 Å². The molecule has 0 saturated carbocycles. The van der Waals surface area contributed by atoms with Crippen LogP contribution in [0.2, 0.25) is 0 Å². The summed E-state index contributed by atoms with van der Waals surface area (Å²) in [6.45, 7) is 0. The van der Waals surface area contributed by atoms with E-state index in [1.54, 1.807) is 6.07 Å². The molecule has 0 aromatic heterocycles. The maximum atomic E-state index is 14.9. The van der Waals surface area contributed by atoms with E-state index >= 15 is 0 Å². The predicted octanol–water partition coefficient (Wildman–Crippen LogP) is 2.35. The number of anilines is 1. The van der Waals surface area contributed by atoms with E-state index in [2.05, 4.69) is 5.32 Å². The summed E-state index contributed by atoms with van der Waals surface area (Å²) in [5, 5.41) is 12.7. The highest BCUT2D eigenvalue weighted by Gasteiger charge is 2.67. The van der Waals surface area contributed by atoms with Crippen LogP contribution in [0.1, 0.15) is 15.9 Å². The molecule has 24 heavy (non-hydrogen) atoms. The summed E-state index contributed by atoms with van der Waals surface area (Å²) in [4.78, 5) is 24.3. The molecule has 1 atom stereocenters. The maximum absolute atomic E-state index is 14.9. The number of carbonyl (C=O) groups is 2. The molecule has 0 aliphatic carbocycles. The van der Waals surface area contributed by atoms with Gasteiger partial charge in [0.15, 0.2) is 0 Å². The molecule has 2 aromatic rings. The van der Waals surface area contributed by atoms with Gasteiger partial charge in [-0.2, -0.15) is 8.78 Å². The number of amides is 1. The zero-order chi connectivity index (χ0) is 17.5. The summed E-state index contributed by atoms with van der Waals surface area (Å²) < 4.78 is 34.7. The summed E-state index contributed by atoms with van der Waals surface area (Å²) >= 11 is 0. The molecule has 1 amide bonds. The minimum Gasteiger partial charge on any atom is -0.497 e. The van der Waals surface area contributed by atoms with Gasteiger partial charge in [-0.15, -0.1) is 0 Å². The number of hydrogen-bond donors (Lipinski definition) is 2. The Balaban J connectivity index is 2.13. The van der Waals surface area contributed by atoms with Gasteiger partial charge in [0.05, 0.1) is 7.11 Å². The van der Waals surface area contributed by atoms with Crippen molar-refractivity contribution in [1.82, 2.24) is 0 Å².